The van der Waals surface area contributed by atoms with Gasteiger partial charge in [-0.3, -0.25) is 19.2 Å². The van der Waals surface area contributed by atoms with Crippen LogP contribution in [0, 0.1) is 0 Å². The summed E-state index contributed by atoms with van der Waals surface area (Å²) in [6, 6.07) is 28.0. The number of hydrogen-bond donors (Lipinski definition) is 0. The van der Waals surface area contributed by atoms with Crippen LogP contribution in [0.5, 0.6) is 0 Å². The number of hydrogen-bond acceptors (Lipinski definition) is 4. The lowest BCUT2D eigenvalue weighted by molar-refractivity contribution is 0.0910. The Labute approximate surface area is 205 Å². The van der Waals surface area contributed by atoms with Gasteiger partial charge in [0, 0.05) is 21.5 Å². The van der Waals surface area contributed by atoms with Crippen molar-refractivity contribution in [3.05, 3.63) is 119 Å². The van der Waals surface area contributed by atoms with Crippen LogP contribution in [0.3, 0.4) is 0 Å². The maximum Gasteiger partial charge on any atom is 0.266 e. The van der Waals surface area contributed by atoms with Gasteiger partial charge in [-0.1, -0.05) is 72.8 Å². The number of carbonyl (C=O) groups excluding carboxylic acids is 4. The molecule has 36 heavy (non-hydrogen) atoms. The third kappa shape index (κ3) is 2.50. The maximum atomic E-state index is 13.5. The SMILES string of the molecule is O=C1c2ccccc2C(=O)N1c1c2ccccc2c(N2C(=O)c3ccccc3C2=O)c2ccccc12. The molecule has 6 heteroatoms. The highest BCUT2D eigenvalue weighted by molar-refractivity contribution is 6.42. The molecule has 0 saturated heterocycles. The van der Waals surface area contributed by atoms with Crippen LogP contribution in [0.4, 0.5) is 11.4 Å². The number of carbonyl (C=O) groups is 4. The van der Waals surface area contributed by atoms with Gasteiger partial charge in [-0.05, 0) is 24.3 Å². The molecule has 4 amide bonds. The largest absolute Gasteiger partial charge is 0.268 e. The molecule has 0 aliphatic carbocycles. The molecular weight excluding hydrogens is 452 g/mol. The van der Waals surface area contributed by atoms with E-state index in [1.54, 1.807) is 48.5 Å². The van der Waals surface area contributed by atoms with Crippen molar-refractivity contribution in [2.75, 3.05) is 9.80 Å². The third-order valence-electron chi connectivity index (χ3n) is 6.91. The maximum absolute atomic E-state index is 13.5. The Morgan fingerprint density at radius 3 is 0.806 bits per heavy atom. The molecule has 2 aliphatic heterocycles. The van der Waals surface area contributed by atoms with Gasteiger partial charge in [0.05, 0.1) is 33.6 Å². The molecule has 0 fully saturated rings. The Kier molecular flexibility index (Phi) is 4.06. The summed E-state index contributed by atoms with van der Waals surface area (Å²) in [6.07, 6.45) is 0. The molecule has 170 valence electrons. The molecule has 0 atom stereocenters. The normalized spacial score (nSPS) is 14.8. The summed E-state index contributed by atoms with van der Waals surface area (Å²) >= 11 is 0. The number of benzene rings is 5. The molecule has 6 nitrogen and oxygen atoms in total. The van der Waals surface area contributed by atoms with E-state index in [9.17, 15) is 19.2 Å². The fourth-order valence-corrected chi connectivity index (χ4v) is 5.35. The first-order valence-electron chi connectivity index (χ1n) is 11.5. The fourth-order valence-electron chi connectivity index (χ4n) is 5.35. The highest BCUT2D eigenvalue weighted by Gasteiger charge is 2.41. The summed E-state index contributed by atoms with van der Waals surface area (Å²) in [4.78, 5) is 56.3. The third-order valence-corrected chi connectivity index (χ3v) is 6.91. The first kappa shape index (κ1) is 20.3. The van der Waals surface area contributed by atoms with Crippen LogP contribution >= 0.6 is 0 Å². The summed E-state index contributed by atoms with van der Waals surface area (Å²) in [7, 11) is 0. The second kappa shape index (κ2) is 7.20. The number of nitrogens with zero attached hydrogens (tertiary/aromatic N) is 2. The molecule has 0 radical (unpaired) electrons. The molecule has 0 N–H and O–H groups in total. The predicted molar refractivity (Wildman–Crippen MR) is 137 cm³/mol. The van der Waals surface area contributed by atoms with Crippen LogP contribution in [0.25, 0.3) is 21.5 Å². The molecule has 0 aromatic heterocycles. The minimum atomic E-state index is -0.403. The molecule has 5 aromatic rings. The van der Waals surface area contributed by atoms with Crippen molar-refractivity contribution < 1.29 is 19.2 Å². The monoisotopic (exact) mass is 468 g/mol. The topological polar surface area (TPSA) is 74.8 Å². The van der Waals surface area contributed by atoms with Crippen LogP contribution in [-0.2, 0) is 0 Å². The lowest BCUT2D eigenvalue weighted by Gasteiger charge is -2.25. The standard InChI is InChI=1S/C30H16N2O4/c33-27-21-13-5-6-14-22(21)28(34)31(27)25-17-9-1-2-10-18(17)26(20-12-4-3-11-19(20)25)32-29(35)23-15-7-8-16-24(23)30(32)36/h1-16H. The Balaban J connectivity index is 1.56. The highest BCUT2D eigenvalue weighted by Crippen LogP contribution is 2.46. The quantitative estimate of drug-likeness (QED) is 0.250. The van der Waals surface area contributed by atoms with Gasteiger partial charge in [-0.25, -0.2) is 9.80 Å². The van der Waals surface area contributed by atoms with Crippen molar-refractivity contribution in [2.24, 2.45) is 0 Å². The van der Waals surface area contributed by atoms with Crippen molar-refractivity contribution in [1.82, 2.24) is 0 Å². The number of anilines is 2. The molecule has 0 saturated carbocycles. The van der Waals surface area contributed by atoms with Gasteiger partial charge in [-0.15, -0.1) is 0 Å². The van der Waals surface area contributed by atoms with Gasteiger partial charge < -0.3 is 0 Å². The summed E-state index contributed by atoms with van der Waals surface area (Å²) < 4.78 is 0. The molecule has 0 unspecified atom stereocenters. The van der Waals surface area contributed by atoms with Gasteiger partial charge in [0.1, 0.15) is 0 Å². The van der Waals surface area contributed by atoms with E-state index in [-0.39, 0.29) is 0 Å². The van der Waals surface area contributed by atoms with E-state index in [1.165, 1.54) is 9.80 Å². The lowest BCUT2D eigenvalue weighted by Crippen LogP contribution is -2.32. The van der Waals surface area contributed by atoms with Gasteiger partial charge in [0.2, 0.25) is 0 Å². The van der Waals surface area contributed by atoms with Crippen LogP contribution in [-0.4, -0.2) is 23.6 Å². The summed E-state index contributed by atoms with van der Waals surface area (Å²) in [5.41, 5.74) is 2.26. The Morgan fingerprint density at radius 2 is 0.556 bits per heavy atom. The van der Waals surface area contributed by atoms with Crippen molar-refractivity contribution in [3.63, 3.8) is 0 Å². The number of imide groups is 2. The Hall–Kier alpha value is -5.10. The second-order valence-corrected chi connectivity index (χ2v) is 8.77. The fraction of sp³-hybridized carbons (Fsp3) is 0. The zero-order chi connectivity index (χ0) is 24.6. The Morgan fingerprint density at radius 1 is 0.333 bits per heavy atom. The molecular formula is C30H16N2O4. The molecule has 0 bridgehead atoms. The lowest BCUT2D eigenvalue weighted by atomic mass is 9.96. The first-order valence-corrected chi connectivity index (χ1v) is 11.5. The highest BCUT2D eigenvalue weighted by atomic mass is 16.2. The van der Waals surface area contributed by atoms with Crippen molar-refractivity contribution >= 4 is 56.5 Å². The van der Waals surface area contributed by atoms with E-state index in [4.69, 9.17) is 0 Å². The first-order chi connectivity index (χ1) is 17.6. The Bertz CT molecular complexity index is 1580. The summed E-state index contributed by atoms with van der Waals surface area (Å²) in [5, 5.41) is 2.38. The van der Waals surface area contributed by atoms with Gasteiger partial charge in [0.15, 0.2) is 0 Å². The van der Waals surface area contributed by atoms with Gasteiger partial charge in [-0.2, -0.15) is 0 Å². The van der Waals surface area contributed by atoms with Crippen LogP contribution in [0.2, 0.25) is 0 Å². The van der Waals surface area contributed by atoms with Crippen LogP contribution in [0.15, 0.2) is 97.1 Å². The van der Waals surface area contributed by atoms with Crippen molar-refractivity contribution in [3.8, 4) is 0 Å². The van der Waals surface area contributed by atoms with E-state index < -0.39 is 23.6 Å². The molecule has 2 aliphatic rings. The summed E-state index contributed by atoms with van der Waals surface area (Å²) in [5.74, 6) is -1.61. The van der Waals surface area contributed by atoms with Crippen LogP contribution < -0.4 is 9.80 Å². The average molecular weight is 468 g/mol. The smallest absolute Gasteiger partial charge is 0.266 e. The number of fused-ring (bicyclic) bond motifs is 4. The van der Waals surface area contributed by atoms with E-state index >= 15 is 0 Å². The average Bonchev–Trinajstić information content (AvgIpc) is 3.32. The molecule has 5 aromatic carbocycles. The number of rotatable bonds is 2. The molecule has 2 heterocycles. The van der Waals surface area contributed by atoms with E-state index in [0.717, 1.165) is 0 Å². The van der Waals surface area contributed by atoms with Gasteiger partial charge in [0.25, 0.3) is 23.6 Å². The number of amides is 4. The van der Waals surface area contributed by atoms with Gasteiger partial charge >= 0.3 is 0 Å². The second-order valence-electron chi connectivity index (χ2n) is 8.77. The van der Waals surface area contributed by atoms with Crippen molar-refractivity contribution in [1.29, 1.82) is 0 Å². The zero-order valence-corrected chi connectivity index (χ0v) is 18.8. The summed E-state index contributed by atoms with van der Waals surface area (Å²) in [6.45, 7) is 0. The van der Waals surface area contributed by atoms with Crippen molar-refractivity contribution in [2.45, 2.75) is 0 Å². The van der Waals surface area contributed by atoms with E-state index in [1.807, 2.05) is 48.5 Å². The molecule has 7 rings (SSSR count). The van der Waals surface area contributed by atoms with Crippen LogP contribution in [0.1, 0.15) is 41.4 Å². The molecule has 0 spiro atoms. The minimum absolute atomic E-state index is 0.347. The minimum Gasteiger partial charge on any atom is -0.268 e. The van der Waals surface area contributed by atoms with E-state index in [2.05, 4.69) is 0 Å². The zero-order valence-electron chi connectivity index (χ0n) is 18.8. The van der Waals surface area contributed by atoms with E-state index in [0.29, 0.717) is 55.2 Å². The predicted octanol–water partition coefficient (Wildman–Crippen LogP) is 5.59.